The summed E-state index contributed by atoms with van der Waals surface area (Å²) in [5.74, 6) is 1.78. The molecule has 6 rings (SSSR count). The molecule has 0 radical (unpaired) electrons. The first-order valence-electron chi connectivity index (χ1n) is 13.2. The summed E-state index contributed by atoms with van der Waals surface area (Å²) in [4.78, 5) is 18.7. The zero-order chi connectivity index (χ0) is 25.2. The van der Waals surface area contributed by atoms with Gasteiger partial charge in [-0.2, -0.15) is 0 Å². The Balaban J connectivity index is 1.38. The van der Waals surface area contributed by atoms with Crippen LogP contribution < -0.4 is 9.80 Å². The number of anilines is 2. The second-order valence-electron chi connectivity index (χ2n) is 9.94. The number of aliphatic hydroxyl groups excluding tert-OH is 1. The Labute approximate surface area is 217 Å². The second-order valence-corrected chi connectivity index (χ2v) is 9.94. The number of rotatable bonds is 6. The minimum absolute atomic E-state index is 0.219. The lowest BCUT2D eigenvalue weighted by molar-refractivity contribution is 0.189. The van der Waals surface area contributed by atoms with E-state index in [1.54, 1.807) is 6.33 Å². The molecule has 0 atom stereocenters. The molecular formula is C29H34N6O2. The number of furan rings is 1. The average Bonchev–Trinajstić information content (AvgIpc) is 3.35. The fraction of sp³-hybridized carbons (Fsp3) is 0.379. The molecule has 2 aromatic carbocycles. The molecule has 0 saturated carbocycles. The lowest BCUT2D eigenvalue weighted by Crippen LogP contribution is -2.47. The predicted octanol–water partition coefficient (Wildman–Crippen LogP) is 3.42. The fourth-order valence-electron chi connectivity index (χ4n) is 5.45. The Bertz CT molecular complexity index is 1320. The van der Waals surface area contributed by atoms with Gasteiger partial charge in [-0.1, -0.05) is 30.3 Å². The van der Waals surface area contributed by atoms with Crippen LogP contribution in [0, 0.1) is 0 Å². The highest BCUT2D eigenvalue weighted by molar-refractivity contribution is 6.06. The normalized spacial score (nSPS) is 17.6. The van der Waals surface area contributed by atoms with Crippen LogP contribution in [-0.4, -0.2) is 97.4 Å². The van der Waals surface area contributed by atoms with Gasteiger partial charge in [-0.25, -0.2) is 9.97 Å². The molecule has 8 heteroatoms. The lowest BCUT2D eigenvalue weighted by atomic mass is 9.99. The molecule has 192 valence electrons. The van der Waals surface area contributed by atoms with E-state index in [0.717, 1.165) is 92.6 Å². The molecule has 4 heterocycles. The van der Waals surface area contributed by atoms with Crippen LogP contribution >= 0.6 is 0 Å². The van der Waals surface area contributed by atoms with E-state index in [1.807, 2.05) is 6.07 Å². The lowest BCUT2D eigenvalue weighted by Gasteiger charge is -2.35. The van der Waals surface area contributed by atoms with Crippen molar-refractivity contribution in [3.05, 3.63) is 60.9 Å². The highest BCUT2D eigenvalue weighted by Gasteiger charge is 2.26. The van der Waals surface area contributed by atoms with Crippen molar-refractivity contribution in [2.75, 3.05) is 82.4 Å². The van der Waals surface area contributed by atoms with Gasteiger partial charge < -0.3 is 24.2 Å². The Morgan fingerprint density at radius 2 is 1.49 bits per heavy atom. The van der Waals surface area contributed by atoms with Crippen LogP contribution in [0.2, 0.25) is 0 Å². The number of benzene rings is 2. The number of likely N-dealkylation sites (N-methyl/N-ethyl adjacent to an activating group) is 1. The number of hydrogen-bond acceptors (Lipinski definition) is 8. The zero-order valence-electron chi connectivity index (χ0n) is 21.4. The summed E-state index contributed by atoms with van der Waals surface area (Å²) in [5, 5.41) is 10.2. The van der Waals surface area contributed by atoms with E-state index in [2.05, 4.69) is 80.2 Å². The number of aliphatic hydroxyl groups is 1. The first-order valence-corrected chi connectivity index (χ1v) is 13.2. The van der Waals surface area contributed by atoms with Crippen molar-refractivity contribution in [3.8, 4) is 22.5 Å². The van der Waals surface area contributed by atoms with E-state index in [9.17, 15) is 5.11 Å². The van der Waals surface area contributed by atoms with Gasteiger partial charge in [-0.15, -0.1) is 0 Å². The van der Waals surface area contributed by atoms with E-state index in [-0.39, 0.29) is 6.61 Å². The van der Waals surface area contributed by atoms with Crippen LogP contribution in [0.4, 0.5) is 11.5 Å². The molecule has 1 N–H and O–H groups in total. The van der Waals surface area contributed by atoms with Gasteiger partial charge in [0.1, 0.15) is 17.9 Å². The molecule has 2 fully saturated rings. The van der Waals surface area contributed by atoms with Crippen molar-refractivity contribution >= 4 is 22.6 Å². The Morgan fingerprint density at radius 3 is 2.19 bits per heavy atom. The molecule has 2 saturated heterocycles. The molecule has 37 heavy (non-hydrogen) atoms. The highest BCUT2D eigenvalue weighted by atomic mass is 16.3. The van der Waals surface area contributed by atoms with Gasteiger partial charge in [0.05, 0.1) is 12.0 Å². The summed E-state index contributed by atoms with van der Waals surface area (Å²) >= 11 is 0. The Hall–Kier alpha value is -3.46. The SMILES string of the molecule is CN1CCN(c2ncnc3oc(-c4ccc(N5CCN(CCO)CC5)cc4)c(-c4ccccc4)c23)CC1. The summed E-state index contributed by atoms with van der Waals surface area (Å²) < 4.78 is 6.49. The molecule has 8 nitrogen and oxygen atoms in total. The first-order chi connectivity index (χ1) is 18.2. The number of β-amino-alcohol motifs (C(OH)–C–C–N with tert-alkyl or cyclic N) is 1. The van der Waals surface area contributed by atoms with Crippen molar-refractivity contribution < 1.29 is 9.52 Å². The summed E-state index contributed by atoms with van der Waals surface area (Å²) in [6, 6.07) is 19.1. The highest BCUT2D eigenvalue weighted by Crippen LogP contribution is 2.43. The predicted molar refractivity (Wildman–Crippen MR) is 148 cm³/mol. The number of aromatic nitrogens is 2. The Morgan fingerprint density at radius 1 is 0.784 bits per heavy atom. The minimum Gasteiger partial charge on any atom is -0.437 e. The van der Waals surface area contributed by atoms with Crippen molar-refractivity contribution in [2.45, 2.75) is 0 Å². The van der Waals surface area contributed by atoms with Crippen molar-refractivity contribution in [2.24, 2.45) is 0 Å². The summed E-state index contributed by atoms with van der Waals surface area (Å²) in [6.07, 6.45) is 1.62. The van der Waals surface area contributed by atoms with Crippen LogP contribution in [0.15, 0.2) is 65.3 Å². The maximum Gasteiger partial charge on any atom is 0.232 e. The maximum atomic E-state index is 9.22. The van der Waals surface area contributed by atoms with Crippen LogP contribution in [0.1, 0.15) is 0 Å². The first kappa shape index (κ1) is 23.9. The summed E-state index contributed by atoms with van der Waals surface area (Å²) in [6.45, 7) is 8.70. The average molecular weight is 499 g/mol. The van der Waals surface area contributed by atoms with Gasteiger partial charge in [-0.05, 0) is 36.9 Å². The van der Waals surface area contributed by atoms with Crippen LogP contribution in [0.3, 0.4) is 0 Å². The van der Waals surface area contributed by atoms with Crippen LogP contribution in [0.25, 0.3) is 33.6 Å². The number of piperazine rings is 2. The third kappa shape index (κ3) is 4.80. The number of nitrogens with zero attached hydrogens (tertiary/aromatic N) is 6. The third-order valence-corrected chi connectivity index (χ3v) is 7.62. The molecule has 0 bridgehead atoms. The van der Waals surface area contributed by atoms with Crippen LogP contribution in [-0.2, 0) is 0 Å². The topological polar surface area (TPSA) is 72.1 Å². The second kappa shape index (κ2) is 10.5. The fourth-order valence-corrected chi connectivity index (χ4v) is 5.45. The Kier molecular flexibility index (Phi) is 6.78. The van der Waals surface area contributed by atoms with E-state index < -0.39 is 0 Å². The minimum atomic E-state index is 0.219. The number of fused-ring (bicyclic) bond motifs is 1. The molecule has 0 unspecified atom stereocenters. The summed E-state index contributed by atoms with van der Waals surface area (Å²) in [7, 11) is 2.16. The molecule has 2 aliphatic heterocycles. The molecule has 0 aliphatic carbocycles. The summed E-state index contributed by atoms with van der Waals surface area (Å²) in [5.41, 5.74) is 5.02. The van der Waals surface area contributed by atoms with Gasteiger partial charge in [0.25, 0.3) is 0 Å². The van der Waals surface area contributed by atoms with Gasteiger partial charge in [0.15, 0.2) is 0 Å². The maximum absolute atomic E-state index is 9.22. The smallest absolute Gasteiger partial charge is 0.232 e. The third-order valence-electron chi connectivity index (χ3n) is 7.62. The monoisotopic (exact) mass is 498 g/mol. The van der Waals surface area contributed by atoms with E-state index >= 15 is 0 Å². The van der Waals surface area contributed by atoms with E-state index in [0.29, 0.717) is 5.71 Å². The van der Waals surface area contributed by atoms with Gasteiger partial charge >= 0.3 is 0 Å². The van der Waals surface area contributed by atoms with Crippen molar-refractivity contribution in [3.63, 3.8) is 0 Å². The van der Waals surface area contributed by atoms with E-state index in [1.165, 1.54) is 5.69 Å². The molecule has 2 aliphatic rings. The quantitative estimate of drug-likeness (QED) is 0.434. The largest absolute Gasteiger partial charge is 0.437 e. The standard InChI is InChI=1S/C29H34N6O2/c1-32-11-15-35(16-12-32)28-26-25(22-5-3-2-4-6-22)27(37-29(26)31-21-30-28)23-7-9-24(10-8-23)34-17-13-33(14-18-34)19-20-36/h2-10,21,36H,11-20H2,1H3. The molecule has 2 aromatic heterocycles. The molecule has 4 aromatic rings. The van der Waals surface area contributed by atoms with Gasteiger partial charge in [-0.3, -0.25) is 4.90 Å². The molecule has 0 spiro atoms. The van der Waals surface area contributed by atoms with E-state index in [4.69, 9.17) is 9.40 Å². The molecule has 0 amide bonds. The zero-order valence-corrected chi connectivity index (χ0v) is 21.4. The van der Waals surface area contributed by atoms with Gasteiger partial charge in [0, 0.05) is 75.7 Å². The van der Waals surface area contributed by atoms with Crippen molar-refractivity contribution in [1.82, 2.24) is 19.8 Å². The van der Waals surface area contributed by atoms with Crippen molar-refractivity contribution in [1.29, 1.82) is 0 Å². The van der Waals surface area contributed by atoms with Crippen LogP contribution in [0.5, 0.6) is 0 Å². The molecular weight excluding hydrogens is 464 g/mol. The van der Waals surface area contributed by atoms with Gasteiger partial charge in [0.2, 0.25) is 5.71 Å². The number of hydrogen-bond donors (Lipinski definition) is 1.